The first-order valence-electron chi connectivity index (χ1n) is 8.05. The summed E-state index contributed by atoms with van der Waals surface area (Å²) in [7, 11) is 0. The number of fused-ring (bicyclic) bond motifs is 1. The highest BCUT2D eigenvalue weighted by atomic mass is 35.5. The number of carboxylic acid groups (broad SMARTS) is 1. The number of rotatable bonds is 5. The second kappa shape index (κ2) is 7.55. The average molecular weight is 411 g/mol. The van der Waals surface area contributed by atoms with Gasteiger partial charge in [0.25, 0.3) is 0 Å². The van der Waals surface area contributed by atoms with Gasteiger partial charge in [0.2, 0.25) is 0 Å². The number of carboxylic acids is 1. The van der Waals surface area contributed by atoms with Crippen LogP contribution in [0.2, 0.25) is 5.02 Å². The number of aromatic nitrogens is 2. The molecular formula is C19H14ClF3N2O3. The minimum absolute atomic E-state index is 0.187. The molecular weight excluding hydrogens is 397 g/mol. The zero-order chi connectivity index (χ0) is 20.5. The smallest absolute Gasteiger partial charge is 0.478 e. The van der Waals surface area contributed by atoms with Crippen LogP contribution in [0.3, 0.4) is 0 Å². The van der Waals surface area contributed by atoms with Gasteiger partial charge < -0.3 is 9.84 Å². The Balaban J connectivity index is 2.10. The van der Waals surface area contributed by atoms with Gasteiger partial charge in [-0.1, -0.05) is 23.7 Å². The number of hydrogen-bond donors (Lipinski definition) is 1. The summed E-state index contributed by atoms with van der Waals surface area (Å²) in [6, 6.07) is 9.18. The highest BCUT2D eigenvalue weighted by Crippen LogP contribution is 2.30. The quantitative estimate of drug-likeness (QED) is 0.598. The average Bonchev–Trinajstić information content (AvgIpc) is 2.91. The van der Waals surface area contributed by atoms with Crippen molar-refractivity contribution in [2.75, 3.05) is 0 Å². The lowest BCUT2D eigenvalue weighted by Crippen LogP contribution is -2.17. The van der Waals surface area contributed by atoms with E-state index in [1.165, 1.54) is 22.9 Å². The van der Waals surface area contributed by atoms with E-state index in [9.17, 15) is 18.0 Å². The Kier molecular flexibility index (Phi) is 5.33. The number of halogens is 4. The van der Waals surface area contributed by atoms with E-state index in [0.717, 1.165) is 17.7 Å². The third-order valence-corrected chi connectivity index (χ3v) is 4.25. The molecule has 0 saturated carbocycles. The fourth-order valence-corrected chi connectivity index (χ4v) is 3.01. The molecule has 0 saturated heterocycles. The highest BCUT2D eigenvalue weighted by Gasteiger charge is 2.31. The van der Waals surface area contributed by atoms with Crippen molar-refractivity contribution < 1.29 is 27.8 Å². The molecule has 1 aromatic heterocycles. The molecule has 0 aliphatic carbocycles. The molecule has 0 radical (unpaired) electrons. The van der Waals surface area contributed by atoms with E-state index in [1.807, 2.05) is 13.0 Å². The maximum atomic E-state index is 12.6. The lowest BCUT2D eigenvalue weighted by molar-refractivity contribution is -0.274. The lowest BCUT2D eigenvalue weighted by Gasteiger charge is -2.10. The van der Waals surface area contributed by atoms with Gasteiger partial charge in [0.1, 0.15) is 5.75 Å². The topological polar surface area (TPSA) is 64.4 Å². The maximum Gasteiger partial charge on any atom is 0.573 e. The van der Waals surface area contributed by atoms with E-state index in [4.69, 9.17) is 16.7 Å². The molecule has 1 heterocycles. The van der Waals surface area contributed by atoms with Crippen LogP contribution in [0, 0.1) is 6.92 Å². The van der Waals surface area contributed by atoms with Crippen molar-refractivity contribution in [3.63, 3.8) is 0 Å². The molecule has 0 fully saturated rings. The van der Waals surface area contributed by atoms with Gasteiger partial charge >= 0.3 is 12.3 Å². The second-order valence-corrected chi connectivity index (χ2v) is 6.44. The van der Waals surface area contributed by atoms with E-state index < -0.39 is 18.1 Å². The molecule has 0 aliphatic heterocycles. The van der Waals surface area contributed by atoms with Gasteiger partial charge in [-0.25, -0.2) is 4.79 Å². The maximum absolute atomic E-state index is 12.6. The van der Waals surface area contributed by atoms with Crippen molar-refractivity contribution in [1.82, 2.24) is 9.78 Å². The monoisotopic (exact) mass is 410 g/mol. The third kappa shape index (κ3) is 4.64. The van der Waals surface area contributed by atoms with Gasteiger partial charge in [0.15, 0.2) is 0 Å². The molecule has 0 atom stereocenters. The Bertz CT molecular complexity index is 1070. The largest absolute Gasteiger partial charge is 0.573 e. The normalized spacial score (nSPS) is 12.0. The van der Waals surface area contributed by atoms with Gasteiger partial charge in [-0.05, 0) is 42.3 Å². The van der Waals surface area contributed by atoms with Crippen LogP contribution in [0.5, 0.6) is 5.75 Å². The minimum Gasteiger partial charge on any atom is -0.478 e. The molecule has 2 aromatic carbocycles. The van der Waals surface area contributed by atoms with E-state index >= 15 is 0 Å². The molecule has 5 nitrogen and oxygen atoms in total. The Morgan fingerprint density at radius 1 is 1.29 bits per heavy atom. The summed E-state index contributed by atoms with van der Waals surface area (Å²) in [6.45, 7) is 2.07. The molecule has 9 heteroatoms. The Morgan fingerprint density at radius 2 is 2.04 bits per heavy atom. The predicted molar refractivity (Wildman–Crippen MR) is 98.4 cm³/mol. The van der Waals surface area contributed by atoms with Crippen LogP contribution in [0.25, 0.3) is 17.0 Å². The summed E-state index contributed by atoms with van der Waals surface area (Å²) in [6.07, 6.45) is -2.64. The number of carbonyl (C=O) groups is 1. The van der Waals surface area contributed by atoms with Crippen molar-refractivity contribution in [3.05, 3.63) is 64.3 Å². The first-order chi connectivity index (χ1) is 13.1. The van der Waals surface area contributed by atoms with Gasteiger partial charge in [-0.2, -0.15) is 5.10 Å². The van der Waals surface area contributed by atoms with Crippen LogP contribution in [0.1, 0.15) is 16.8 Å². The van der Waals surface area contributed by atoms with Crippen LogP contribution in [0.15, 0.2) is 42.5 Å². The number of alkyl halides is 3. The molecule has 3 aromatic rings. The molecule has 0 amide bonds. The molecule has 28 heavy (non-hydrogen) atoms. The lowest BCUT2D eigenvalue weighted by atomic mass is 10.1. The summed E-state index contributed by atoms with van der Waals surface area (Å²) in [5, 5.41) is 14.1. The van der Waals surface area contributed by atoms with Crippen molar-refractivity contribution >= 4 is 34.5 Å². The summed E-state index contributed by atoms with van der Waals surface area (Å²) >= 11 is 6.25. The standard InChI is InChI=1S/C19H14ClF3N2O3/c1-11-2-3-12(15(20)8-11)10-25-17-9-13(28-19(21,22)23)4-5-14(17)16(24-25)6-7-18(26)27/h2-9H,10H2,1H3,(H,26,27). The van der Waals surface area contributed by atoms with Crippen molar-refractivity contribution in [2.24, 2.45) is 0 Å². The minimum atomic E-state index is -4.83. The molecule has 0 bridgehead atoms. The van der Waals surface area contributed by atoms with Gasteiger partial charge in [-0.3, -0.25) is 4.68 Å². The van der Waals surface area contributed by atoms with Crippen molar-refractivity contribution in [2.45, 2.75) is 19.8 Å². The van der Waals surface area contributed by atoms with Crippen LogP contribution < -0.4 is 4.74 Å². The Labute approximate surface area is 162 Å². The zero-order valence-electron chi connectivity index (χ0n) is 14.5. The molecule has 146 valence electrons. The fourth-order valence-electron chi connectivity index (χ4n) is 2.71. The SMILES string of the molecule is Cc1ccc(Cn2nc(C=CC(=O)O)c3ccc(OC(F)(F)F)cc32)c(Cl)c1. The van der Waals surface area contributed by atoms with E-state index in [2.05, 4.69) is 9.84 Å². The predicted octanol–water partition coefficient (Wildman–Crippen LogP) is 5.04. The zero-order valence-corrected chi connectivity index (χ0v) is 15.3. The first kappa shape index (κ1) is 19.8. The van der Waals surface area contributed by atoms with Gasteiger partial charge in [0, 0.05) is 22.6 Å². The molecule has 0 spiro atoms. The van der Waals surface area contributed by atoms with Crippen molar-refractivity contribution in [1.29, 1.82) is 0 Å². The number of nitrogens with zero attached hydrogens (tertiary/aromatic N) is 2. The Hall–Kier alpha value is -3.00. The summed E-state index contributed by atoms with van der Waals surface area (Å²) in [5.41, 5.74) is 2.33. The van der Waals surface area contributed by atoms with Crippen LogP contribution in [0.4, 0.5) is 13.2 Å². The number of aliphatic carboxylic acids is 1. The van der Waals surface area contributed by atoms with Crippen LogP contribution >= 0.6 is 11.6 Å². The number of ether oxygens (including phenoxy) is 1. The molecule has 3 rings (SSSR count). The molecule has 0 unspecified atom stereocenters. The Morgan fingerprint density at radius 3 is 2.68 bits per heavy atom. The molecule has 1 N–H and O–H groups in total. The second-order valence-electron chi connectivity index (χ2n) is 6.04. The summed E-state index contributed by atoms with van der Waals surface area (Å²) < 4.78 is 43.1. The fraction of sp³-hybridized carbons (Fsp3) is 0.158. The number of aryl methyl sites for hydroxylation is 1. The van der Waals surface area contributed by atoms with E-state index in [1.54, 1.807) is 12.1 Å². The van der Waals surface area contributed by atoms with E-state index in [0.29, 0.717) is 27.2 Å². The third-order valence-electron chi connectivity index (χ3n) is 3.90. The summed E-state index contributed by atoms with van der Waals surface area (Å²) in [4.78, 5) is 10.8. The highest BCUT2D eigenvalue weighted by molar-refractivity contribution is 6.31. The van der Waals surface area contributed by atoms with Crippen molar-refractivity contribution in [3.8, 4) is 5.75 Å². The molecule has 0 aliphatic rings. The van der Waals surface area contributed by atoms with Crippen LogP contribution in [-0.4, -0.2) is 27.2 Å². The van der Waals surface area contributed by atoms with Gasteiger partial charge in [0.05, 0.1) is 17.8 Å². The van der Waals surface area contributed by atoms with Crippen LogP contribution in [-0.2, 0) is 11.3 Å². The van der Waals surface area contributed by atoms with Gasteiger partial charge in [-0.15, -0.1) is 13.2 Å². The number of hydrogen-bond acceptors (Lipinski definition) is 3. The first-order valence-corrected chi connectivity index (χ1v) is 8.42. The summed E-state index contributed by atoms with van der Waals surface area (Å²) in [5.74, 6) is -1.56. The van der Waals surface area contributed by atoms with E-state index in [-0.39, 0.29) is 6.54 Å². The number of benzene rings is 2.